The maximum Gasteiger partial charge on any atom is 0.161 e. The number of hydrogen-bond donors (Lipinski definition) is 1. The van der Waals surface area contributed by atoms with Crippen LogP contribution in [0, 0.1) is 11.3 Å². The van der Waals surface area contributed by atoms with Gasteiger partial charge in [0.15, 0.2) is 11.5 Å². The first-order valence-electron chi connectivity index (χ1n) is 8.32. The molecule has 0 amide bonds. The van der Waals surface area contributed by atoms with E-state index in [4.69, 9.17) is 9.47 Å². The summed E-state index contributed by atoms with van der Waals surface area (Å²) in [4.78, 5) is 4.59. The fraction of sp³-hybridized carbons (Fsp3) is 0.143. The molecule has 27 heavy (non-hydrogen) atoms. The van der Waals surface area contributed by atoms with E-state index in [2.05, 4.69) is 11.1 Å². The Kier molecular flexibility index (Phi) is 5.74. The fourth-order valence-electron chi connectivity index (χ4n) is 2.51. The number of aromatic hydroxyl groups is 1. The molecule has 0 aliphatic carbocycles. The summed E-state index contributed by atoms with van der Waals surface area (Å²) >= 11 is 1.41. The van der Waals surface area contributed by atoms with Crippen molar-refractivity contribution < 1.29 is 14.6 Å². The average Bonchev–Trinajstić information content (AvgIpc) is 3.18. The first kappa shape index (κ1) is 18.5. The molecule has 0 aliphatic heterocycles. The van der Waals surface area contributed by atoms with Gasteiger partial charge in [-0.1, -0.05) is 6.07 Å². The number of phenols is 1. The van der Waals surface area contributed by atoms with Crippen LogP contribution in [0.3, 0.4) is 0 Å². The molecule has 6 heteroatoms. The molecule has 0 spiro atoms. The summed E-state index contributed by atoms with van der Waals surface area (Å²) in [5, 5.41) is 21.8. The Hall–Kier alpha value is -3.30. The van der Waals surface area contributed by atoms with Crippen molar-refractivity contribution in [2.24, 2.45) is 0 Å². The van der Waals surface area contributed by atoms with Crippen molar-refractivity contribution in [2.45, 2.75) is 6.92 Å². The Morgan fingerprint density at radius 1 is 1.26 bits per heavy atom. The Morgan fingerprint density at radius 3 is 2.70 bits per heavy atom. The number of thiazole rings is 1. The molecule has 0 radical (unpaired) electrons. The zero-order valence-corrected chi connectivity index (χ0v) is 15.8. The van der Waals surface area contributed by atoms with Gasteiger partial charge in [-0.2, -0.15) is 5.26 Å². The van der Waals surface area contributed by atoms with Crippen LogP contribution in [0.2, 0.25) is 0 Å². The number of nitriles is 1. The largest absolute Gasteiger partial charge is 0.504 e. The van der Waals surface area contributed by atoms with Gasteiger partial charge in [0.1, 0.15) is 16.8 Å². The monoisotopic (exact) mass is 378 g/mol. The second-order valence-electron chi connectivity index (χ2n) is 5.60. The number of nitrogens with zero attached hydrogens (tertiary/aromatic N) is 2. The SMILES string of the molecule is CCOc1ccc(-c2csc(/C(C#N)=C\c3ccc(O)c(OC)c3)n2)cc1. The van der Waals surface area contributed by atoms with Crippen LogP contribution in [0.25, 0.3) is 22.9 Å². The van der Waals surface area contributed by atoms with E-state index in [-0.39, 0.29) is 5.75 Å². The first-order valence-corrected chi connectivity index (χ1v) is 9.20. The van der Waals surface area contributed by atoms with Gasteiger partial charge in [-0.15, -0.1) is 11.3 Å². The zero-order chi connectivity index (χ0) is 19.2. The van der Waals surface area contributed by atoms with E-state index in [1.54, 1.807) is 18.2 Å². The quantitative estimate of drug-likeness (QED) is 0.612. The number of benzene rings is 2. The molecule has 3 rings (SSSR count). The molecule has 136 valence electrons. The van der Waals surface area contributed by atoms with Crippen molar-refractivity contribution in [3.63, 3.8) is 0 Å². The topological polar surface area (TPSA) is 75.4 Å². The number of ether oxygens (including phenoxy) is 2. The number of allylic oxidation sites excluding steroid dienone is 1. The van der Waals surface area contributed by atoms with Gasteiger partial charge in [0, 0.05) is 10.9 Å². The summed E-state index contributed by atoms with van der Waals surface area (Å²) in [6.45, 7) is 2.57. The lowest BCUT2D eigenvalue weighted by atomic mass is 10.1. The van der Waals surface area contributed by atoms with E-state index in [0.29, 0.717) is 22.9 Å². The van der Waals surface area contributed by atoms with E-state index in [1.807, 2.05) is 36.6 Å². The summed E-state index contributed by atoms with van der Waals surface area (Å²) in [7, 11) is 1.48. The van der Waals surface area contributed by atoms with E-state index < -0.39 is 0 Å². The molecule has 2 aromatic carbocycles. The van der Waals surface area contributed by atoms with Crippen molar-refractivity contribution in [3.8, 4) is 34.6 Å². The van der Waals surface area contributed by atoms with Crippen LogP contribution in [0.15, 0.2) is 47.8 Å². The molecular weight excluding hydrogens is 360 g/mol. The highest BCUT2D eigenvalue weighted by molar-refractivity contribution is 7.11. The van der Waals surface area contributed by atoms with Crippen molar-refractivity contribution >= 4 is 23.0 Å². The first-order chi connectivity index (χ1) is 13.1. The molecule has 5 nitrogen and oxygen atoms in total. The van der Waals surface area contributed by atoms with Crippen LogP contribution < -0.4 is 9.47 Å². The normalized spacial score (nSPS) is 11.1. The predicted octanol–water partition coefficient (Wildman–Crippen LogP) is 4.99. The third-order valence-corrected chi connectivity index (χ3v) is 4.71. The Bertz CT molecular complexity index is 1000. The van der Waals surface area contributed by atoms with E-state index in [1.165, 1.54) is 24.5 Å². The lowest BCUT2D eigenvalue weighted by Gasteiger charge is -2.04. The number of methoxy groups -OCH3 is 1. The maximum absolute atomic E-state index is 9.70. The molecule has 0 saturated heterocycles. The summed E-state index contributed by atoms with van der Waals surface area (Å²) in [5.74, 6) is 1.23. The lowest BCUT2D eigenvalue weighted by Crippen LogP contribution is -1.90. The third kappa shape index (κ3) is 4.27. The molecule has 0 unspecified atom stereocenters. The standard InChI is InChI=1S/C21H18N2O3S/c1-3-26-17-7-5-15(6-8-17)18-13-27-21(23-18)16(12-22)10-14-4-9-19(24)20(11-14)25-2/h4-11,13,24H,3H2,1-2H3/b16-10-. The van der Waals surface area contributed by atoms with Gasteiger partial charge in [-0.3, -0.25) is 0 Å². The van der Waals surface area contributed by atoms with Crippen LogP contribution in [-0.4, -0.2) is 23.8 Å². The van der Waals surface area contributed by atoms with Crippen LogP contribution in [0.1, 0.15) is 17.5 Å². The van der Waals surface area contributed by atoms with Gasteiger partial charge in [-0.25, -0.2) is 4.98 Å². The summed E-state index contributed by atoms with van der Waals surface area (Å²) in [5.41, 5.74) is 2.97. The minimum Gasteiger partial charge on any atom is -0.504 e. The Balaban J connectivity index is 1.88. The molecule has 0 atom stereocenters. The second kappa shape index (κ2) is 8.39. The fourth-order valence-corrected chi connectivity index (χ4v) is 3.31. The van der Waals surface area contributed by atoms with Gasteiger partial charge in [0.25, 0.3) is 0 Å². The van der Waals surface area contributed by atoms with E-state index in [0.717, 1.165) is 22.6 Å². The minimum atomic E-state index is 0.0557. The van der Waals surface area contributed by atoms with Crippen LogP contribution >= 0.6 is 11.3 Å². The minimum absolute atomic E-state index is 0.0557. The van der Waals surface area contributed by atoms with E-state index in [9.17, 15) is 10.4 Å². The smallest absolute Gasteiger partial charge is 0.161 e. The number of hydrogen-bond acceptors (Lipinski definition) is 6. The molecular formula is C21H18N2O3S. The summed E-state index contributed by atoms with van der Waals surface area (Å²) in [6.07, 6.45) is 1.72. The molecule has 0 bridgehead atoms. The molecule has 3 aromatic rings. The number of rotatable bonds is 6. The Morgan fingerprint density at radius 2 is 2.04 bits per heavy atom. The van der Waals surface area contributed by atoms with E-state index >= 15 is 0 Å². The summed E-state index contributed by atoms with van der Waals surface area (Å²) in [6, 6.07) is 14.8. The van der Waals surface area contributed by atoms with Crippen molar-refractivity contribution in [3.05, 3.63) is 58.4 Å². The molecule has 1 aromatic heterocycles. The van der Waals surface area contributed by atoms with Crippen LogP contribution in [0.5, 0.6) is 17.2 Å². The van der Waals surface area contributed by atoms with Gasteiger partial charge >= 0.3 is 0 Å². The van der Waals surface area contributed by atoms with Gasteiger partial charge in [-0.05, 0) is 55.0 Å². The highest BCUT2D eigenvalue weighted by Gasteiger charge is 2.10. The summed E-state index contributed by atoms with van der Waals surface area (Å²) < 4.78 is 10.6. The molecule has 0 aliphatic rings. The van der Waals surface area contributed by atoms with Crippen molar-refractivity contribution in [2.75, 3.05) is 13.7 Å². The highest BCUT2D eigenvalue weighted by Crippen LogP contribution is 2.31. The Labute approximate surface area is 161 Å². The predicted molar refractivity (Wildman–Crippen MR) is 107 cm³/mol. The van der Waals surface area contributed by atoms with Gasteiger partial charge in [0.05, 0.1) is 25.0 Å². The van der Waals surface area contributed by atoms with Crippen molar-refractivity contribution in [1.82, 2.24) is 4.98 Å². The zero-order valence-electron chi connectivity index (χ0n) is 15.0. The van der Waals surface area contributed by atoms with Crippen molar-refractivity contribution in [1.29, 1.82) is 5.26 Å². The number of phenolic OH excluding ortho intramolecular Hbond substituents is 1. The maximum atomic E-state index is 9.70. The molecule has 1 heterocycles. The lowest BCUT2D eigenvalue weighted by molar-refractivity contribution is 0.340. The van der Waals surface area contributed by atoms with Gasteiger partial charge in [0.2, 0.25) is 0 Å². The van der Waals surface area contributed by atoms with Crippen LogP contribution in [-0.2, 0) is 0 Å². The average molecular weight is 378 g/mol. The van der Waals surface area contributed by atoms with Crippen LogP contribution in [0.4, 0.5) is 0 Å². The molecule has 1 N–H and O–H groups in total. The third-order valence-electron chi connectivity index (χ3n) is 3.83. The highest BCUT2D eigenvalue weighted by atomic mass is 32.1. The van der Waals surface area contributed by atoms with Gasteiger partial charge < -0.3 is 14.6 Å². The number of aromatic nitrogens is 1. The molecule has 0 saturated carbocycles. The second-order valence-corrected chi connectivity index (χ2v) is 6.45. The molecule has 0 fully saturated rings.